The van der Waals surface area contributed by atoms with Gasteiger partial charge >= 0.3 is 33.3 Å². The maximum atomic E-state index is 2.32. The van der Waals surface area contributed by atoms with Crippen LogP contribution >= 0.6 is 0 Å². The summed E-state index contributed by atoms with van der Waals surface area (Å²) in [6, 6.07) is 0. The van der Waals surface area contributed by atoms with E-state index in [9.17, 15) is 0 Å². The molecule has 0 aromatic carbocycles. The molecule has 0 atom stereocenters. The Hall–Kier alpha value is 1.38. The standard InChI is InChI=1S/3CH3.2Pt/h3*1H3;;. The summed E-state index contributed by atoms with van der Waals surface area (Å²) in [7, 11) is 0. The maximum Gasteiger partial charge on any atom is 0 e. The second-order valence-electron chi connectivity index (χ2n) is 0.949. The molecule has 0 aromatic rings. The molecule has 0 unspecified atom stereocenters. The van der Waals surface area contributed by atoms with E-state index in [1.807, 2.05) is 0 Å². The molecular formula is C3H9Pt2. The Balaban J connectivity index is 0. The number of hydrogen-bond donors (Lipinski definition) is 0. The largest absolute Gasteiger partial charge is 0 e. The van der Waals surface area contributed by atoms with Gasteiger partial charge in [-0.1, -0.05) is 0 Å². The van der Waals surface area contributed by atoms with Crippen molar-refractivity contribution in [1.29, 1.82) is 0 Å². The van der Waals surface area contributed by atoms with Crippen LogP contribution in [-0.4, -0.2) is 0 Å². The summed E-state index contributed by atoms with van der Waals surface area (Å²) < 4.78 is 0. The van der Waals surface area contributed by atoms with Crippen LogP contribution < -0.4 is 0 Å². The molecule has 0 bridgehead atoms. The van der Waals surface area contributed by atoms with Crippen LogP contribution in [0.3, 0.4) is 0 Å². The Morgan fingerprint density at radius 1 is 1.00 bits per heavy atom. The zero-order chi connectivity index (χ0) is 3.58. The predicted octanol–water partition coefficient (Wildman–Crippen LogP) is 1.75. The van der Waals surface area contributed by atoms with Crippen molar-refractivity contribution in [2.45, 2.75) is 15.9 Å². The molecule has 0 aliphatic heterocycles. The third-order valence-electron chi connectivity index (χ3n) is 0. The first-order valence-electron chi connectivity index (χ1n) is 0.949. The molecule has 0 amide bonds. The van der Waals surface area contributed by atoms with Crippen molar-refractivity contribution in [3.8, 4) is 0 Å². The van der Waals surface area contributed by atoms with Crippen molar-refractivity contribution in [2.75, 3.05) is 0 Å². The van der Waals surface area contributed by atoms with Gasteiger partial charge in [0.05, 0.1) is 0 Å². The fourth-order valence-corrected chi connectivity index (χ4v) is 0. The number of hydrogen-bond acceptors (Lipinski definition) is 0. The van der Waals surface area contributed by atoms with Crippen LogP contribution in [0.15, 0.2) is 0 Å². The van der Waals surface area contributed by atoms with Crippen LogP contribution in [0, 0.1) is 0 Å². The molecule has 0 aliphatic rings. The van der Waals surface area contributed by atoms with E-state index in [1.54, 1.807) is 0 Å². The minimum absolute atomic E-state index is 0. The zero-order valence-corrected chi connectivity index (χ0v) is 8.18. The average Bonchev–Trinajstić information content (AvgIpc) is 0.811. The summed E-state index contributed by atoms with van der Waals surface area (Å²) >= 11 is -0.269. The molecule has 0 aromatic heterocycles. The van der Waals surface area contributed by atoms with Gasteiger partial charge in [-0.25, -0.2) is 0 Å². The topological polar surface area (TPSA) is 0 Å². The summed E-state index contributed by atoms with van der Waals surface area (Å²) in [5.41, 5.74) is 0. The van der Waals surface area contributed by atoms with E-state index in [2.05, 4.69) is 15.9 Å². The summed E-state index contributed by atoms with van der Waals surface area (Å²) in [6.45, 7) is 0. The third-order valence-corrected chi connectivity index (χ3v) is 0. The smallest absolute Gasteiger partial charge is 0 e. The van der Waals surface area contributed by atoms with Gasteiger partial charge in [-0.3, -0.25) is 0 Å². The van der Waals surface area contributed by atoms with E-state index in [1.165, 1.54) is 0 Å². The normalized spacial score (nSPS) is 9.00. The molecule has 0 saturated carbocycles. The van der Waals surface area contributed by atoms with Crippen LogP contribution in [-0.2, 0) is 38.4 Å². The Labute approximate surface area is 54.2 Å². The molecule has 0 fully saturated rings. The minimum Gasteiger partial charge on any atom is 0 e. The second-order valence-corrected chi connectivity index (χ2v) is 7.77. The van der Waals surface area contributed by atoms with Crippen molar-refractivity contribution >= 4 is 0 Å². The molecule has 0 aliphatic carbocycles. The molecule has 5 heavy (non-hydrogen) atoms. The monoisotopic (exact) mass is 435 g/mol. The van der Waals surface area contributed by atoms with Crippen molar-refractivity contribution in [3.05, 3.63) is 0 Å². The molecule has 0 heterocycles. The van der Waals surface area contributed by atoms with E-state index in [0.717, 1.165) is 0 Å². The fraction of sp³-hybridized carbons (Fsp3) is 1.00. The molecule has 2 heteroatoms. The van der Waals surface area contributed by atoms with E-state index in [0.29, 0.717) is 0 Å². The van der Waals surface area contributed by atoms with Crippen LogP contribution in [0.4, 0.5) is 0 Å². The molecule has 0 spiro atoms. The van der Waals surface area contributed by atoms with Gasteiger partial charge < -0.3 is 0 Å². The summed E-state index contributed by atoms with van der Waals surface area (Å²) in [6.07, 6.45) is 0. The van der Waals surface area contributed by atoms with Gasteiger partial charge in [-0.2, -0.15) is 0 Å². The van der Waals surface area contributed by atoms with Crippen LogP contribution in [0.1, 0.15) is 0 Å². The first kappa shape index (κ1) is 9.62. The van der Waals surface area contributed by atoms with Crippen LogP contribution in [0.2, 0.25) is 15.9 Å². The Bertz CT molecular complexity index is 9.61. The van der Waals surface area contributed by atoms with Crippen molar-refractivity contribution in [2.24, 2.45) is 0 Å². The Morgan fingerprint density at radius 3 is 1.00 bits per heavy atom. The second kappa shape index (κ2) is 5.38. The molecule has 0 rings (SSSR count). The average molecular weight is 435 g/mol. The third kappa shape index (κ3) is 32.3. The minimum atomic E-state index is -0.269. The fourth-order valence-electron chi connectivity index (χ4n) is 0. The van der Waals surface area contributed by atoms with Crippen LogP contribution in [0.5, 0.6) is 0 Å². The van der Waals surface area contributed by atoms with E-state index < -0.39 is 0 Å². The van der Waals surface area contributed by atoms with Gasteiger partial charge in [0.15, 0.2) is 0 Å². The van der Waals surface area contributed by atoms with Gasteiger partial charge in [-0.15, -0.1) is 0 Å². The maximum absolute atomic E-state index is 2.32. The van der Waals surface area contributed by atoms with Gasteiger partial charge in [0, 0.05) is 21.1 Å². The first-order chi connectivity index (χ1) is 1.73. The van der Waals surface area contributed by atoms with Crippen molar-refractivity contribution in [3.63, 3.8) is 0 Å². The molecule has 0 saturated heterocycles. The predicted molar refractivity (Wildman–Crippen MR) is 17.6 cm³/mol. The van der Waals surface area contributed by atoms with Crippen molar-refractivity contribution in [1.82, 2.24) is 0 Å². The van der Waals surface area contributed by atoms with Gasteiger partial charge in [-0.05, 0) is 0 Å². The first-order valence-corrected chi connectivity index (χ1v) is 7.77. The van der Waals surface area contributed by atoms with Crippen molar-refractivity contribution < 1.29 is 38.4 Å². The quantitative estimate of drug-likeness (QED) is 0.544. The van der Waals surface area contributed by atoms with Gasteiger partial charge in [0.2, 0.25) is 0 Å². The molecule has 0 N–H and O–H groups in total. The molecular weight excluding hydrogens is 426 g/mol. The van der Waals surface area contributed by atoms with Gasteiger partial charge in [0.25, 0.3) is 0 Å². The van der Waals surface area contributed by atoms with Crippen LogP contribution in [0.25, 0.3) is 0 Å². The van der Waals surface area contributed by atoms with E-state index in [-0.39, 0.29) is 38.4 Å². The molecule has 0 radical (unpaired) electrons. The van der Waals surface area contributed by atoms with Gasteiger partial charge in [0.1, 0.15) is 0 Å². The Kier molecular flexibility index (Phi) is 10.3. The summed E-state index contributed by atoms with van der Waals surface area (Å²) in [5, 5.41) is 6.97. The molecule has 41 valence electrons. The summed E-state index contributed by atoms with van der Waals surface area (Å²) in [5.74, 6) is 0. The zero-order valence-electron chi connectivity index (χ0n) is 3.63. The van der Waals surface area contributed by atoms with E-state index in [4.69, 9.17) is 0 Å². The van der Waals surface area contributed by atoms with E-state index >= 15 is 0 Å². The Morgan fingerprint density at radius 2 is 1.00 bits per heavy atom. The summed E-state index contributed by atoms with van der Waals surface area (Å²) in [4.78, 5) is 0. The SMILES string of the molecule is [CH3][Pt]([CH3])[CH3].[Pt]. The number of rotatable bonds is 0. The molecule has 0 nitrogen and oxygen atoms in total.